The second kappa shape index (κ2) is 9.55. The molecule has 0 spiro atoms. The van der Waals surface area contributed by atoms with Gasteiger partial charge in [0.2, 0.25) is 0 Å². The fourth-order valence-electron chi connectivity index (χ4n) is 3.00. The number of nitrogen functional groups attached to an aromatic ring is 1. The summed E-state index contributed by atoms with van der Waals surface area (Å²) in [6.07, 6.45) is 18.8. The van der Waals surface area contributed by atoms with E-state index < -0.39 is 0 Å². The van der Waals surface area contributed by atoms with Crippen molar-refractivity contribution in [1.82, 2.24) is 9.97 Å². The van der Waals surface area contributed by atoms with E-state index >= 15 is 0 Å². The molecule has 1 aliphatic carbocycles. The number of anilines is 2. The first kappa shape index (κ1) is 20.1. The van der Waals surface area contributed by atoms with Crippen LogP contribution in [-0.2, 0) is 0 Å². The summed E-state index contributed by atoms with van der Waals surface area (Å²) in [6.45, 7) is 6.02. The van der Waals surface area contributed by atoms with Crippen LogP contribution in [0.4, 0.5) is 11.5 Å². The van der Waals surface area contributed by atoms with Crippen LogP contribution in [0.1, 0.15) is 13.3 Å². The van der Waals surface area contributed by atoms with Crippen molar-refractivity contribution < 1.29 is 4.74 Å². The number of aromatic nitrogens is 2. The molecule has 29 heavy (non-hydrogen) atoms. The molecule has 1 unspecified atom stereocenters. The van der Waals surface area contributed by atoms with Gasteiger partial charge in [-0.1, -0.05) is 55.2 Å². The third kappa shape index (κ3) is 5.23. The second-order valence-electron chi connectivity index (χ2n) is 6.72. The fourth-order valence-corrected chi connectivity index (χ4v) is 3.00. The predicted octanol–water partition coefficient (Wildman–Crippen LogP) is 5.09. The Kier molecular flexibility index (Phi) is 6.63. The summed E-state index contributed by atoms with van der Waals surface area (Å²) in [5.74, 6) is 1.30. The Morgan fingerprint density at radius 2 is 2.17 bits per heavy atom. The van der Waals surface area contributed by atoms with Gasteiger partial charge in [0.1, 0.15) is 11.6 Å². The number of hydrogen-bond acceptors (Lipinski definition) is 5. The molecule has 0 aliphatic heterocycles. The van der Waals surface area contributed by atoms with Crippen LogP contribution in [-0.4, -0.2) is 23.1 Å². The highest BCUT2D eigenvalue weighted by molar-refractivity contribution is 5.67. The lowest BCUT2D eigenvalue weighted by molar-refractivity contribution is 0.417. The third-order valence-electron chi connectivity index (χ3n) is 4.66. The number of methoxy groups -OCH3 is 1. The maximum atomic E-state index is 5.90. The van der Waals surface area contributed by atoms with Gasteiger partial charge in [-0.2, -0.15) is 0 Å². The van der Waals surface area contributed by atoms with Gasteiger partial charge >= 0.3 is 0 Å². The topological polar surface area (TPSA) is 73.1 Å². The van der Waals surface area contributed by atoms with Gasteiger partial charge in [-0.05, 0) is 36.6 Å². The van der Waals surface area contributed by atoms with E-state index in [4.69, 9.17) is 10.5 Å². The lowest BCUT2D eigenvalue weighted by Gasteiger charge is -2.16. The minimum absolute atomic E-state index is 0.0259. The number of hydrogen-bond donors (Lipinski definition) is 2. The minimum Gasteiger partial charge on any atom is -0.495 e. The third-order valence-corrected chi connectivity index (χ3v) is 4.66. The number of nitrogens with two attached hydrogens (primary N) is 1. The number of nitrogens with zero attached hydrogens (tertiary/aromatic N) is 2. The van der Waals surface area contributed by atoms with Gasteiger partial charge in [-0.25, -0.2) is 4.98 Å². The molecule has 1 aromatic heterocycles. The number of nitrogens with one attached hydrogen (secondary N) is 1. The Hall–Kier alpha value is -3.60. The molecule has 3 rings (SSSR count). The minimum atomic E-state index is 0.0259. The van der Waals surface area contributed by atoms with Crippen molar-refractivity contribution in [3.8, 4) is 17.0 Å². The van der Waals surface area contributed by atoms with Gasteiger partial charge in [-0.15, -0.1) is 0 Å². The molecule has 1 atom stereocenters. The van der Waals surface area contributed by atoms with E-state index in [-0.39, 0.29) is 6.04 Å². The van der Waals surface area contributed by atoms with Crippen molar-refractivity contribution in [2.45, 2.75) is 19.4 Å². The Labute approximate surface area is 172 Å². The number of benzene rings is 1. The van der Waals surface area contributed by atoms with Crippen molar-refractivity contribution >= 4 is 11.5 Å². The maximum absolute atomic E-state index is 5.90. The zero-order valence-electron chi connectivity index (χ0n) is 16.8. The van der Waals surface area contributed by atoms with Gasteiger partial charge in [0.25, 0.3) is 0 Å². The first-order valence-corrected chi connectivity index (χ1v) is 9.49. The first-order chi connectivity index (χ1) is 14.1. The molecule has 0 amide bonds. The average Bonchev–Trinajstić information content (AvgIpc) is 2.75. The Bertz CT molecular complexity index is 1000. The lowest BCUT2D eigenvalue weighted by Crippen LogP contribution is -2.18. The van der Waals surface area contributed by atoms with E-state index in [9.17, 15) is 0 Å². The highest BCUT2D eigenvalue weighted by Gasteiger charge is 2.09. The van der Waals surface area contributed by atoms with Crippen molar-refractivity contribution in [1.29, 1.82) is 0 Å². The Morgan fingerprint density at radius 1 is 1.31 bits per heavy atom. The molecule has 0 saturated carbocycles. The molecule has 148 valence electrons. The molecule has 1 aromatic carbocycles. The largest absolute Gasteiger partial charge is 0.495 e. The van der Waals surface area contributed by atoms with E-state index in [2.05, 4.69) is 59.2 Å². The normalized spacial score (nSPS) is 15.9. The fraction of sp³-hybridized carbons (Fsp3) is 0.167. The van der Waals surface area contributed by atoms with Gasteiger partial charge in [-0.3, -0.25) is 4.98 Å². The molecule has 1 aliphatic rings. The van der Waals surface area contributed by atoms with Crippen molar-refractivity contribution in [2.75, 3.05) is 18.2 Å². The highest BCUT2D eigenvalue weighted by atomic mass is 16.5. The zero-order valence-corrected chi connectivity index (χ0v) is 16.8. The van der Waals surface area contributed by atoms with Crippen molar-refractivity contribution in [3.05, 3.63) is 90.9 Å². The summed E-state index contributed by atoms with van der Waals surface area (Å²) in [5.41, 5.74) is 10.5. The van der Waals surface area contributed by atoms with E-state index in [1.54, 1.807) is 25.6 Å². The summed E-state index contributed by atoms with van der Waals surface area (Å²) in [7, 11) is 1.60. The molecule has 2 aromatic rings. The van der Waals surface area contributed by atoms with E-state index in [1.165, 1.54) is 5.57 Å². The van der Waals surface area contributed by atoms with Crippen LogP contribution in [0.25, 0.3) is 11.3 Å². The number of ether oxygens (including phenoxy) is 1. The van der Waals surface area contributed by atoms with Gasteiger partial charge in [0.05, 0.1) is 30.9 Å². The number of rotatable bonds is 7. The van der Waals surface area contributed by atoms with Crippen LogP contribution in [0.3, 0.4) is 0 Å². The van der Waals surface area contributed by atoms with Crippen molar-refractivity contribution in [2.24, 2.45) is 0 Å². The maximum Gasteiger partial charge on any atom is 0.145 e. The van der Waals surface area contributed by atoms with Gasteiger partial charge in [0, 0.05) is 11.6 Å². The van der Waals surface area contributed by atoms with Crippen LogP contribution in [0.2, 0.25) is 0 Å². The summed E-state index contributed by atoms with van der Waals surface area (Å²) in [4.78, 5) is 9.01. The standard InChI is InChI=1S/C24H26N4O/c1-4-19(11-10-18-8-6-5-7-9-18)17(2)27-24-16-26-15-22(28-24)20-12-13-21(25)23(14-20)29-3/h4-8,10-17H,1,9,25H2,2-3H3,(H,27,28)/b18-10-,19-11+. The summed E-state index contributed by atoms with van der Waals surface area (Å²) >= 11 is 0. The average molecular weight is 386 g/mol. The van der Waals surface area contributed by atoms with Crippen LogP contribution in [0, 0.1) is 0 Å². The molecule has 0 saturated heterocycles. The molecule has 0 bridgehead atoms. The number of allylic oxidation sites excluding steroid dienone is 7. The molecule has 5 heteroatoms. The second-order valence-corrected chi connectivity index (χ2v) is 6.72. The van der Waals surface area contributed by atoms with Crippen molar-refractivity contribution in [3.63, 3.8) is 0 Å². The molecule has 0 fully saturated rings. The summed E-state index contributed by atoms with van der Waals surface area (Å²) < 4.78 is 5.30. The predicted molar refractivity (Wildman–Crippen MR) is 121 cm³/mol. The summed E-state index contributed by atoms with van der Waals surface area (Å²) in [6, 6.07) is 5.60. The van der Waals surface area contributed by atoms with E-state index in [1.807, 2.05) is 24.3 Å². The van der Waals surface area contributed by atoms with E-state index in [0.717, 1.165) is 23.3 Å². The Morgan fingerprint density at radius 3 is 2.90 bits per heavy atom. The molecular formula is C24H26N4O. The highest BCUT2D eigenvalue weighted by Crippen LogP contribution is 2.28. The zero-order chi connectivity index (χ0) is 20.6. The monoisotopic (exact) mass is 386 g/mol. The SMILES string of the molecule is C=C/C(=C\C=C1\C=CC=CC1)C(C)Nc1cncc(-c2ccc(N)c(OC)c2)n1. The molecule has 1 heterocycles. The Balaban J connectivity index is 1.77. The molecule has 5 nitrogen and oxygen atoms in total. The quantitative estimate of drug-likeness (QED) is 0.512. The van der Waals surface area contributed by atoms with Crippen LogP contribution in [0.15, 0.2) is 90.9 Å². The molecule has 3 N–H and O–H groups in total. The van der Waals surface area contributed by atoms with E-state index in [0.29, 0.717) is 17.3 Å². The van der Waals surface area contributed by atoms with Crippen LogP contribution < -0.4 is 15.8 Å². The first-order valence-electron chi connectivity index (χ1n) is 9.49. The smallest absolute Gasteiger partial charge is 0.145 e. The van der Waals surface area contributed by atoms with Crippen LogP contribution in [0.5, 0.6) is 5.75 Å². The van der Waals surface area contributed by atoms with Crippen LogP contribution >= 0.6 is 0 Å². The lowest BCUT2D eigenvalue weighted by atomic mass is 10.0. The molecule has 0 radical (unpaired) electrons. The van der Waals surface area contributed by atoms with Gasteiger partial charge in [0.15, 0.2) is 0 Å². The van der Waals surface area contributed by atoms with Gasteiger partial charge < -0.3 is 15.8 Å². The summed E-state index contributed by atoms with van der Waals surface area (Å²) in [5, 5.41) is 3.40. The molecular weight excluding hydrogens is 360 g/mol.